The van der Waals surface area contributed by atoms with Crippen LogP contribution in [0.1, 0.15) is 0 Å². The number of carbonyl (C=O) groups excluding carboxylic acids is 1. The van der Waals surface area contributed by atoms with E-state index in [1.807, 2.05) is 22.7 Å². The third-order valence-corrected chi connectivity index (χ3v) is 5.32. The summed E-state index contributed by atoms with van der Waals surface area (Å²) < 4.78 is 5.76. The molecule has 1 amide bonds. The Morgan fingerprint density at radius 1 is 1.25 bits per heavy atom. The van der Waals surface area contributed by atoms with E-state index in [4.69, 9.17) is 4.74 Å². The molecule has 2 aliphatic heterocycles. The molecule has 2 aromatic rings. The summed E-state index contributed by atoms with van der Waals surface area (Å²) in [5.74, 6) is 2.95. The van der Waals surface area contributed by atoms with Gasteiger partial charge in [-0.25, -0.2) is 9.97 Å². The molecule has 2 saturated heterocycles. The number of carbonyl (C=O) groups is 1. The summed E-state index contributed by atoms with van der Waals surface area (Å²) in [6.07, 6.45) is 4.60. The Kier molecular flexibility index (Phi) is 4.48. The Hall–Kier alpha value is -1.93. The number of nitrogens with zero attached hydrogens (tertiary/aromatic N) is 5. The molecule has 8 heteroatoms. The topological polar surface area (TPSA) is 71.5 Å². The number of hydrogen-bond donors (Lipinski definition) is 0. The molecule has 2 aromatic heterocycles. The standard InChI is InChI=1S/C16H19N5O2S/c22-16(20-4-7-24-8-5-20)14-10-21(3-6-23-14)15-12-1-2-17-9-13(12)18-11-19-15/h1-2,9,11,14H,3-8,10H2. The van der Waals surface area contributed by atoms with E-state index in [2.05, 4.69) is 19.9 Å². The highest BCUT2D eigenvalue weighted by molar-refractivity contribution is 7.99. The first kappa shape index (κ1) is 15.6. The van der Waals surface area contributed by atoms with E-state index in [9.17, 15) is 4.79 Å². The lowest BCUT2D eigenvalue weighted by atomic mass is 10.2. The summed E-state index contributed by atoms with van der Waals surface area (Å²) in [7, 11) is 0. The Balaban J connectivity index is 1.55. The molecule has 0 N–H and O–H groups in total. The molecule has 1 atom stereocenters. The van der Waals surface area contributed by atoms with Crippen LogP contribution in [-0.2, 0) is 9.53 Å². The maximum atomic E-state index is 12.7. The van der Waals surface area contributed by atoms with Gasteiger partial charge in [0.05, 0.1) is 24.9 Å². The summed E-state index contributed by atoms with van der Waals surface area (Å²) in [4.78, 5) is 29.6. The van der Waals surface area contributed by atoms with E-state index in [1.54, 1.807) is 18.7 Å². The zero-order valence-electron chi connectivity index (χ0n) is 13.3. The molecule has 4 heterocycles. The van der Waals surface area contributed by atoms with Gasteiger partial charge in [-0.05, 0) is 6.07 Å². The highest BCUT2D eigenvalue weighted by Crippen LogP contribution is 2.24. The summed E-state index contributed by atoms with van der Waals surface area (Å²) in [6.45, 7) is 3.39. The van der Waals surface area contributed by atoms with Crippen LogP contribution in [0.4, 0.5) is 5.82 Å². The Morgan fingerprint density at radius 2 is 2.12 bits per heavy atom. The molecule has 2 fully saturated rings. The zero-order valence-corrected chi connectivity index (χ0v) is 14.1. The second-order valence-corrected chi connectivity index (χ2v) is 7.06. The number of anilines is 1. The predicted molar refractivity (Wildman–Crippen MR) is 93.2 cm³/mol. The summed E-state index contributed by atoms with van der Waals surface area (Å²) in [5, 5.41) is 0.954. The number of amides is 1. The number of fused-ring (bicyclic) bond motifs is 1. The summed E-state index contributed by atoms with van der Waals surface area (Å²) in [6, 6.07) is 1.92. The summed E-state index contributed by atoms with van der Waals surface area (Å²) in [5.41, 5.74) is 0.810. The molecule has 1 unspecified atom stereocenters. The molecule has 0 bridgehead atoms. The van der Waals surface area contributed by atoms with Crippen LogP contribution in [0.3, 0.4) is 0 Å². The van der Waals surface area contributed by atoms with Gasteiger partial charge in [0.2, 0.25) is 0 Å². The van der Waals surface area contributed by atoms with Crippen LogP contribution in [0, 0.1) is 0 Å². The van der Waals surface area contributed by atoms with Crippen LogP contribution in [-0.4, -0.2) is 76.2 Å². The number of thioether (sulfide) groups is 1. The highest BCUT2D eigenvalue weighted by atomic mass is 32.2. The lowest BCUT2D eigenvalue weighted by Crippen LogP contribution is -2.52. The van der Waals surface area contributed by atoms with Crippen molar-refractivity contribution in [2.75, 3.05) is 49.2 Å². The van der Waals surface area contributed by atoms with E-state index in [0.717, 1.165) is 41.3 Å². The minimum absolute atomic E-state index is 0.0972. The number of morpholine rings is 1. The van der Waals surface area contributed by atoms with E-state index in [0.29, 0.717) is 19.7 Å². The molecule has 0 radical (unpaired) electrons. The Labute approximate surface area is 144 Å². The number of rotatable bonds is 2. The van der Waals surface area contributed by atoms with E-state index in [1.165, 1.54) is 0 Å². The molecule has 2 aliphatic rings. The first-order chi connectivity index (χ1) is 11.8. The van der Waals surface area contributed by atoms with Gasteiger partial charge in [0, 0.05) is 42.7 Å². The summed E-state index contributed by atoms with van der Waals surface area (Å²) >= 11 is 1.89. The van der Waals surface area contributed by atoms with Gasteiger partial charge in [-0.3, -0.25) is 9.78 Å². The van der Waals surface area contributed by atoms with Crippen molar-refractivity contribution < 1.29 is 9.53 Å². The fourth-order valence-electron chi connectivity index (χ4n) is 3.12. The van der Waals surface area contributed by atoms with Gasteiger partial charge in [0.1, 0.15) is 12.1 Å². The molecule has 24 heavy (non-hydrogen) atoms. The molecule has 4 rings (SSSR count). The van der Waals surface area contributed by atoms with Crippen molar-refractivity contribution in [3.05, 3.63) is 24.8 Å². The van der Waals surface area contributed by atoms with Crippen molar-refractivity contribution in [1.29, 1.82) is 0 Å². The highest BCUT2D eigenvalue weighted by Gasteiger charge is 2.32. The monoisotopic (exact) mass is 345 g/mol. The van der Waals surface area contributed by atoms with Gasteiger partial charge in [0.25, 0.3) is 5.91 Å². The Bertz CT molecular complexity index is 732. The number of pyridine rings is 1. The maximum Gasteiger partial charge on any atom is 0.253 e. The fourth-order valence-corrected chi connectivity index (χ4v) is 4.03. The van der Waals surface area contributed by atoms with Crippen molar-refractivity contribution >= 4 is 34.4 Å². The first-order valence-corrected chi connectivity index (χ1v) is 9.26. The first-order valence-electron chi connectivity index (χ1n) is 8.11. The third kappa shape index (κ3) is 3.03. The molecule has 7 nitrogen and oxygen atoms in total. The van der Waals surface area contributed by atoms with Crippen LogP contribution in [0.25, 0.3) is 10.9 Å². The van der Waals surface area contributed by atoms with Gasteiger partial charge < -0.3 is 14.5 Å². The normalized spacial score (nSPS) is 21.9. The molecule has 0 saturated carbocycles. The van der Waals surface area contributed by atoms with E-state index in [-0.39, 0.29) is 5.91 Å². The second-order valence-electron chi connectivity index (χ2n) is 5.83. The average molecular weight is 345 g/mol. The van der Waals surface area contributed by atoms with E-state index >= 15 is 0 Å². The minimum Gasteiger partial charge on any atom is -0.365 e. The van der Waals surface area contributed by atoms with Crippen molar-refractivity contribution in [3.63, 3.8) is 0 Å². The van der Waals surface area contributed by atoms with E-state index < -0.39 is 6.10 Å². The molecule has 126 valence electrons. The van der Waals surface area contributed by atoms with Gasteiger partial charge >= 0.3 is 0 Å². The second kappa shape index (κ2) is 6.90. The smallest absolute Gasteiger partial charge is 0.253 e. The van der Waals surface area contributed by atoms with Crippen molar-refractivity contribution in [2.24, 2.45) is 0 Å². The van der Waals surface area contributed by atoms with Gasteiger partial charge in [-0.2, -0.15) is 11.8 Å². The van der Waals surface area contributed by atoms with Crippen molar-refractivity contribution in [3.8, 4) is 0 Å². The molecule has 0 aromatic carbocycles. The fraction of sp³-hybridized carbons (Fsp3) is 0.500. The zero-order chi connectivity index (χ0) is 16.4. The molecular weight excluding hydrogens is 326 g/mol. The van der Waals surface area contributed by atoms with Crippen LogP contribution >= 0.6 is 11.8 Å². The maximum absolute atomic E-state index is 12.7. The van der Waals surface area contributed by atoms with Crippen LogP contribution in [0.2, 0.25) is 0 Å². The largest absolute Gasteiger partial charge is 0.365 e. The average Bonchev–Trinajstić information content (AvgIpc) is 2.68. The van der Waals surface area contributed by atoms with Gasteiger partial charge in [-0.15, -0.1) is 0 Å². The van der Waals surface area contributed by atoms with Crippen molar-refractivity contribution in [1.82, 2.24) is 19.9 Å². The number of ether oxygens (including phenoxy) is 1. The molecule has 0 aliphatic carbocycles. The lowest BCUT2D eigenvalue weighted by Gasteiger charge is -2.36. The lowest BCUT2D eigenvalue weighted by molar-refractivity contribution is -0.144. The van der Waals surface area contributed by atoms with Crippen molar-refractivity contribution in [2.45, 2.75) is 6.10 Å². The van der Waals surface area contributed by atoms with Crippen LogP contribution in [0.15, 0.2) is 24.8 Å². The number of aromatic nitrogens is 3. The van der Waals surface area contributed by atoms with Gasteiger partial charge in [0.15, 0.2) is 6.10 Å². The predicted octanol–water partition coefficient (Wildman–Crippen LogP) is 0.805. The molecule has 0 spiro atoms. The Morgan fingerprint density at radius 3 is 3.00 bits per heavy atom. The third-order valence-electron chi connectivity index (χ3n) is 4.38. The quantitative estimate of drug-likeness (QED) is 0.797. The number of hydrogen-bond acceptors (Lipinski definition) is 7. The minimum atomic E-state index is -0.422. The molecular formula is C16H19N5O2S. The SMILES string of the molecule is O=C(C1CN(c2ncnc3cnccc23)CCO1)N1CCSCC1. The van der Waals surface area contributed by atoms with Gasteiger partial charge in [-0.1, -0.05) is 0 Å². The van der Waals surface area contributed by atoms with Crippen LogP contribution < -0.4 is 4.90 Å². The van der Waals surface area contributed by atoms with Crippen LogP contribution in [0.5, 0.6) is 0 Å².